The van der Waals surface area contributed by atoms with Crippen LogP contribution in [-0.4, -0.2) is 23.5 Å². The predicted molar refractivity (Wildman–Crippen MR) is 84.9 cm³/mol. The van der Waals surface area contributed by atoms with Gasteiger partial charge in [-0.1, -0.05) is 29.8 Å². The van der Waals surface area contributed by atoms with E-state index in [1.807, 2.05) is 0 Å². The summed E-state index contributed by atoms with van der Waals surface area (Å²) in [4.78, 5) is 24.8. The third-order valence-corrected chi connectivity index (χ3v) is 3.99. The summed E-state index contributed by atoms with van der Waals surface area (Å²) in [5.74, 6) is -1.49. The third kappa shape index (κ3) is 3.83. The smallest absolute Gasteiger partial charge is 0.323 e. The molecule has 0 fully saturated rings. The summed E-state index contributed by atoms with van der Waals surface area (Å²) < 4.78 is 0.582. The second kappa shape index (κ2) is 6.74. The summed E-state index contributed by atoms with van der Waals surface area (Å²) in [6, 6.07) is 13.4. The Kier molecular flexibility index (Phi) is 4.98. The summed E-state index contributed by atoms with van der Waals surface area (Å²) in [6.07, 6.45) is 0. The van der Waals surface area contributed by atoms with Gasteiger partial charge in [-0.15, -0.1) is 0 Å². The number of benzene rings is 2. The number of hydrogen-bond donors (Lipinski definition) is 1. The van der Waals surface area contributed by atoms with Crippen molar-refractivity contribution in [3.8, 4) is 0 Å². The zero-order valence-electron chi connectivity index (χ0n) is 10.8. The monoisotopic (exact) mass is 367 g/mol. The first kappa shape index (κ1) is 15.5. The van der Waals surface area contributed by atoms with Crippen LogP contribution >= 0.6 is 27.5 Å². The standard InChI is InChI=1S/C15H11BrClNO3/c16-12-8-10(6-7-13(12)17)15(21)18(9-14(19)20)11-4-2-1-3-5-11/h1-8H,9H2,(H,19,20). The number of nitrogens with zero attached hydrogens (tertiary/aromatic N) is 1. The van der Waals surface area contributed by atoms with Crippen molar-refractivity contribution in [2.75, 3.05) is 11.4 Å². The SMILES string of the molecule is O=C(O)CN(C(=O)c1ccc(Cl)c(Br)c1)c1ccccc1. The molecule has 0 aliphatic heterocycles. The lowest BCUT2D eigenvalue weighted by Crippen LogP contribution is -2.35. The van der Waals surface area contributed by atoms with Crippen molar-refractivity contribution in [2.45, 2.75) is 0 Å². The highest BCUT2D eigenvalue weighted by Crippen LogP contribution is 2.25. The van der Waals surface area contributed by atoms with Crippen molar-refractivity contribution in [1.29, 1.82) is 0 Å². The molecular formula is C15H11BrClNO3. The predicted octanol–water partition coefficient (Wildman–Crippen LogP) is 3.83. The minimum absolute atomic E-state index is 0.358. The average Bonchev–Trinajstić information content (AvgIpc) is 2.47. The number of halogens is 2. The van der Waals surface area contributed by atoms with Gasteiger partial charge in [-0.05, 0) is 46.3 Å². The van der Waals surface area contributed by atoms with Crippen molar-refractivity contribution in [1.82, 2.24) is 0 Å². The van der Waals surface area contributed by atoms with Crippen LogP contribution in [0.5, 0.6) is 0 Å². The van der Waals surface area contributed by atoms with E-state index < -0.39 is 18.4 Å². The Balaban J connectivity index is 2.38. The minimum Gasteiger partial charge on any atom is -0.480 e. The second-order valence-electron chi connectivity index (χ2n) is 4.25. The Labute approximate surface area is 135 Å². The fourth-order valence-corrected chi connectivity index (χ4v) is 2.30. The molecule has 2 rings (SSSR count). The number of carbonyl (C=O) groups excluding carboxylic acids is 1. The highest BCUT2D eigenvalue weighted by atomic mass is 79.9. The number of para-hydroxylation sites is 1. The number of amides is 1. The van der Waals surface area contributed by atoms with E-state index in [4.69, 9.17) is 16.7 Å². The molecule has 0 spiro atoms. The Morgan fingerprint density at radius 3 is 2.38 bits per heavy atom. The molecule has 6 heteroatoms. The first-order chi connectivity index (χ1) is 9.99. The molecule has 0 aromatic heterocycles. The molecule has 0 aliphatic rings. The van der Waals surface area contributed by atoms with E-state index in [-0.39, 0.29) is 0 Å². The molecule has 0 saturated carbocycles. The van der Waals surface area contributed by atoms with E-state index in [0.717, 1.165) is 0 Å². The van der Waals surface area contributed by atoms with Crippen LogP contribution in [0, 0.1) is 0 Å². The van der Waals surface area contributed by atoms with Gasteiger partial charge in [0.25, 0.3) is 5.91 Å². The third-order valence-electron chi connectivity index (χ3n) is 2.77. The molecule has 2 aromatic carbocycles. The second-order valence-corrected chi connectivity index (χ2v) is 5.51. The summed E-state index contributed by atoms with van der Waals surface area (Å²) >= 11 is 9.15. The van der Waals surface area contributed by atoms with Crippen LogP contribution < -0.4 is 4.90 Å². The minimum atomic E-state index is -1.08. The van der Waals surface area contributed by atoms with Crippen molar-refractivity contribution < 1.29 is 14.7 Å². The molecule has 108 valence electrons. The van der Waals surface area contributed by atoms with E-state index in [0.29, 0.717) is 20.7 Å². The molecule has 1 amide bonds. The van der Waals surface area contributed by atoms with E-state index in [1.54, 1.807) is 48.5 Å². The average molecular weight is 369 g/mol. The van der Waals surface area contributed by atoms with E-state index in [2.05, 4.69) is 15.9 Å². The van der Waals surface area contributed by atoms with Crippen LogP contribution in [0.2, 0.25) is 5.02 Å². The molecule has 21 heavy (non-hydrogen) atoms. The number of carbonyl (C=O) groups is 2. The fourth-order valence-electron chi connectivity index (χ4n) is 1.81. The topological polar surface area (TPSA) is 57.6 Å². The Morgan fingerprint density at radius 2 is 1.81 bits per heavy atom. The molecule has 0 bridgehead atoms. The van der Waals surface area contributed by atoms with Gasteiger partial charge in [-0.2, -0.15) is 0 Å². The van der Waals surface area contributed by atoms with Gasteiger partial charge in [0.05, 0.1) is 5.02 Å². The molecule has 0 heterocycles. The number of anilines is 1. The van der Waals surface area contributed by atoms with Crippen molar-refractivity contribution >= 4 is 45.1 Å². The van der Waals surface area contributed by atoms with Gasteiger partial charge < -0.3 is 5.11 Å². The zero-order valence-corrected chi connectivity index (χ0v) is 13.1. The molecule has 4 nitrogen and oxygen atoms in total. The lowest BCUT2D eigenvalue weighted by molar-refractivity contribution is -0.135. The number of carboxylic acids is 1. The molecule has 0 aliphatic carbocycles. The van der Waals surface area contributed by atoms with Gasteiger partial charge in [0.2, 0.25) is 0 Å². The number of rotatable bonds is 4. The maximum Gasteiger partial charge on any atom is 0.323 e. The molecule has 0 atom stereocenters. The largest absolute Gasteiger partial charge is 0.480 e. The van der Waals surface area contributed by atoms with Crippen LogP contribution in [-0.2, 0) is 4.79 Å². The van der Waals surface area contributed by atoms with E-state index >= 15 is 0 Å². The Bertz CT molecular complexity index is 676. The van der Waals surface area contributed by atoms with Gasteiger partial charge in [0, 0.05) is 15.7 Å². The van der Waals surface area contributed by atoms with Crippen LogP contribution in [0.1, 0.15) is 10.4 Å². The summed E-state index contributed by atoms with van der Waals surface area (Å²) in [5, 5.41) is 9.50. The first-order valence-electron chi connectivity index (χ1n) is 6.03. The highest BCUT2D eigenvalue weighted by Gasteiger charge is 2.20. The lowest BCUT2D eigenvalue weighted by atomic mass is 10.1. The summed E-state index contributed by atoms with van der Waals surface area (Å²) in [7, 11) is 0. The zero-order chi connectivity index (χ0) is 15.4. The first-order valence-corrected chi connectivity index (χ1v) is 7.20. The van der Waals surface area contributed by atoms with E-state index in [1.165, 1.54) is 4.90 Å². The summed E-state index contributed by atoms with van der Waals surface area (Å²) in [6.45, 7) is -0.414. The lowest BCUT2D eigenvalue weighted by Gasteiger charge is -2.21. The normalized spacial score (nSPS) is 10.2. The molecule has 2 aromatic rings. The van der Waals surface area contributed by atoms with Crippen LogP contribution in [0.3, 0.4) is 0 Å². The van der Waals surface area contributed by atoms with Crippen LogP contribution in [0.4, 0.5) is 5.69 Å². The maximum atomic E-state index is 12.5. The van der Waals surface area contributed by atoms with Crippen molar-refractivity contribution in [3.63, 3.8) is 0 Å². The molecule has 1 N–H and O–H groups in total. The fraction of sp³-hybridized carbons (Fsp3) is 0.0667. The number of hydrogen-bond acceptors (Lipinski definition) is 2. The quantitative estimate of drug-likeness (QED) is 0.892. The maximum absolute atomic E-state index is 12.5. The van der Waals surface area contributed by atoms with Gasteiger partial charge in [0.15, 0.2) is 0 Å². The molecule has 0 radical (unpaired) electrons. The number of carboxylic acid groups (broad SMARTS) is 1. The Hall–Kier alpha value is -1.85. The van der Waals surface area contributed by atoms with Crippen molar-refractivity contribution in [2.24, 2.45) is 0 Å². The molecule has 0 saturated heterocycles. The number of aliphatic carboxylic acids is 1. The molecule has 0 unspecified atom stereocenters. The van der Waals surface area contributed by atoms with Gasteiger partial charge in [0.1, 0.15) is 6.54 Å². The Morgan fingerprint density at radius 1 is 1.14 bits per heavy atom. The van der Waals surface area contributed by atoms with Gasteiger partial charge in [-0.3, -0.25) is 14.5 Å². The summed E-state index contributed by atoms with van der Waals surface area (Å²) in [5.41, 5.74) is 0.882. The van der Waals surface area contributed by atoms with Crippen LogP contribution in [0.25, 0.3) is 0 Å². The van der Waals surface area contributed by atoms with Crippen molar-refractivity contribution in [3.05, 3.63) is 63.6 Å². The molecular weight excluding hydrogens is 358 g/mol. The van der Waals surface area contributed by atoms with Gasteiger partial charge >= 0.3 is 5.97 Å². The van der Waals surface area contributed by atoms with Crippen LogP contribution in [0.15, 0.2) is 53.0 Å². The van der Waals surface area contributed by atoms with Gasteiger partial charge in [-0.25, -0.2) is 0 Å². The highest BCUT2D eigenvalue weighted by molar-refractivity contribution is 9.10. The van der Waals surface area contributed by atoms with E-state index in [9.17, 15) is 9.59 Å².